The maximum Gasteiger partial charge on any atom is 0.335 e. The van der Waals surface area contributed by atoms with Crippen LogP contribution in [0, 0.1) is 13.8 Å². The molecule has 0 atom stereocenters. The topological polar surface area (TPSA) is 57.5 Å². The number of fused-ring (bicyclic) bond motifs is 1. The number of rotatable bonds is 1. The molecule has 0 bridgehead atoms. The summed E-state index contributed by atoms with van der Waals surface area (Å²) < 4.78 is 0. The summed E-state index contributed by atoms with van der Waals surface area (Å²) in [6.45, 7) is 3.84. The molecular formula is C13H12O3. The summed E-state index contributed by atoms with van der Waals surface area (Å²) in [5.74, 6) is -1.01. The van der Waals surface area contributed by atoms with Gasteiger partial charge in [0.2, 0.25) is 0 Å². The van der Waals surface area contributed by atoms with Gasteiger partial charge in [-0.05, 0) is 43.0 Å². The highest BCUT2D eigenvalue weighted by molar-refractivity contribution is 5.99. The third-order valence-corrected chi connectivity index (χ3v) is 2.65. The maximum atomic E-state index is 10.9. The van der Waals surface area contributed by atoms with Gasteiger partial charge in [-0.3, -0.25) is 0 Å². The Morgan fingerprint density at radius 3 is 2.38 bits per heavy atom. The lowest BCUT2D eigenvalue weighted by atomic mass is 9.99. The molecule has 2 N–H and O–H groups in total. The summed E-state index contributed by atoms with van der Waals surface area (Å²) >= 11 is 0. The number of carbonyl (C=O) groups is 1. The minimum absolute atomic E-state index is 0.0155. The van der Waals surface area contributed by atoms with E-state index >= 15 is 0 Å². The predicted octanol–water partition coefficient (Wildman–Crippen LogP) is 2.86. The molecule has 0 aromatic heterocycles. The third-order valence-electron chi connectivity index (χ3n) is 2.65. The predicted molar refractivity (Wildman–Crippen MR) is 62.0 cm³/mol. The zero-order chi connectivity index (χ0) is 11.9. The second-order valence-electron chi connectivity index (χ2n) is 3.98. The van der Waals surface area contributed by atoms with Crippen LogP contribution in [0.25, 0.3) is 10.8 Å². The first-order chi connectivity index (χ1) is 7.49. The third kappa shape index (κ3) is 1.60. The standard InChI is InChI=1S/C13H12O3/c1-7-3-8(2)10-5-9(13(15)16)6-12(14)11(10)4-7/h3-6,14H,1-2H3,(H,15,16). The van der Waals surface area contributed by atoms with Crippen molar-refractivity contribution in [2.45, 2.75) is 13.8 Å². The van der Waals surface area contributed by atoms with Crippen molar-refractivity contribution in [2.75, 3.05) is 0 Å². The minimum atomic E-state index is -1.03. The largest absolute Gasteiger partial charge is 0.507 e. The quantitative estimate of drug-likeness (QED) is 0.770. The maximum absolute atomic E-state index is 10.9. The molecule has 2 aromatic rings. The van der Waals surface area contributed by atoms with Crippen LogP contribution in [0.2, 0.25) is 0 Å². The first-order valence-electron chi connectivity index (χ1n) is 4.96. The molecule has 0 spiro atoms. The van der Waals surface area contributed by atoms with E-state index < -0.39 is 5.97 Å². The molecule has 3 heteroatoms. The molecule has 0 aliphatic rings. The number of hydrogen-bond donors (Lipinski definition) is 2. The summed E-state index contributed by atoms with van der Waals surface area (Å²) in [7, 11) is 0. The smallest absolute Gasteiger partial charge is 0.335 e. The van der Waals surface area contributed by atoms with Crippen molar-refractivity contribution in [1.82, 2.24) is 0 Å². The van der Waals surface area contributed by atoms with E-state index in [1.165, 1.54) is 6.07 Å². The lowest BCUT2D eigenvalue weighted by molar-refractivity contribution is 0.0696. The molecule has 0 radical (unpaired) electrons. The van der Waals surface area contributed by atoms with Crippen LogP contribution in [0.1, 0.15) is 21.5 Å². The van der Waals surface area contributed by atoms with Gasteiger partial charge in [0, 0.05) is 5.39 Å². The monoisotopic (exact) mass is 216 g/mol. The number of phenolic OH excluding ortho intramolecular Hbond substituents is 1. The van der Waals surface area contributed by atoms with Crippen LogP contribution in [0.15, 0.2) is 24.3 Å². The van der Waals surface area contributed by atoms with Gasteiger partial charge in [-0.25, -0.2) is 4.79 Å². The lowest BCUT2D eigenvalue weighted by Gasteiger charge is -2.07. The highest BCUT2D eigenvalue weighted by Crippen LogP contribution is 2.30. The second kappa shape index (κ2) is 3.52. The Kier molecular flexibility index (Phi) is 2.31. The molecule has 0 heterocycles. The molecule has 0 fully saturated rings. The number of hydrogen-bond acceptors (Lipinski definition) is 2. The van der Waals surface area contributed by atoms with E-state index in [-0.39, 0.29) is 11.3 Å². The average molecular weight is 216 g/mol. The minimum Gasteiger partial charge on any atom is -0.507 e. The number of aryl methyl sites for hydroxylation is 2. The molecule has 0 aliphatic heterocycles. The van der Waals surface area contributed by atoms with Crippen LogP contribution in [0.5, 0.6) is 5.75 Å². The van der Waals surface area contributed by atoms with Crippen molar-refractivity contribution in [3.8, 4) is 5.75 Å². The summed E-state index contributed by atoms with van der Waals surface area (Å²) in [5, 5.41) is 20.2. The Morgan fingerprint density at radius 2 is 1.75 bits per heavy atom. The Labute approximate surface area is 93.0 Å². The van der Waals surface area contributed by atoms with Crippen LogP contribution in [-0.4, -0.2) is 16.2 Å². The molecule has 82 valence electrons. The van der Waals surface area contributed by atoms with Gasteiger partial charge in [-0.2, -0.15) is 0 Å². The summed E-state index contributed by atoms with van der Waals surface area (Å²) in [6.07, 6.45) is 0. The SMILES string of the molecule is Cc1cc(C)c2cc(C(=O)O)cc(O)c2c1. The molecule has 0 aliphatic carbocycles. The van der Waals surface area contributed by atoms with Crippen LogP contribution in [-0.2, 0) is 0 Å². The molecular weight excluding hydrogens is 204 g/mol. The van der Waals surface area contributed by atoms with Crippen molar-refractivity contribution in [3.63, 3.8) is 0 Å². The zero-order valence-corrected chi connectivity index (χ0v) is 9.11. The summed E-state index contributed by atoms with van der Waals surface area (Å²) in [4.78, 5) is 10.9. The molecule has 2 rings (SSSR count). The van der Waals surface area contributed by atoms with Crippen molar-refractivity contribution in [2.24, 2.45) is 0 Å². The Hall–Kier alpha value is -2.03. The van der Waals surface area contributed by atoms with Crippen LogP contribution >= 0.6 is 0 Å². The van der Waals surface area contributed by atoms with Gasteiger partial charge in [-0.1, -0.05) is 11.6 Å². The van der Waals surface area contributed by atoms with Crippen molar-refractivity contribution >= 4 is 16.7 Å². The van der Waals surface area contributed by atoms with E-state index in [9.17, 15) is 9.90 Å². The Morgan fingerprint density at radius 1 is 1.06 bits per heavy atom. The van der Waals surface area contributed by atoms with E-state index in [1.807, 2.05) is 26.0 Å². The molecule has 2 aromatic carbocycles. The normalized spacial score (nSPS) is 10.6. The zero-order valence-electron chi connectivity index (χ0n) is 9.11. The molecule has 0 amide bonds. The number of carboxylic acids is 1. The van der Waals surface area contributed by atoms with E-state index in [2.05, 4.69) is 0 Å². The van der Waals surface area contributed by atoms with Crippen LogP contribution in [0.3, 0.4) is 0 Å². The van der Waals surface area contributed by atoms with Gasteiger partial charge in [0.15, 0.2) is 0 Å². The first kappa shape index (κ1) is 10.5. The van der Waals surface area contributed by atoms with Gasteiger partial charge in [0.25, 0.3) is 0 Å². The lowest BCUT2D eigenvalue weighted by Crippen LogP contribution is -1.96. The second-order valence-corrected chi connectivity index (χ2v) is 3.98. The molecule has 3 nitrogen and oxygen atoms in total. The van der Waals surface area contributed by atoms with Gasteiger partial charge in [-0.15, -0.1) is 0 Å². The number of phenols is 1. The molecule has 16 heavy (non-hydrogen) atoms. The Bertz CT molecular complexity index is 585. The number of carboxylic acid groups (broad SMARTS) is 1. The first-order valence-corrected chi connectivity index (χ1v) is 4.96. The average Bonchev–Trinajstić information content (AvgIpc) is 2.19. The molecule has 0 saturated carbocycles. The van der Waals surface area contributed by atoms with Gasteiger partial charge in [0.1, 0.15) is 5.75 Å². The Balaban J connectivity index is 2.87. The summed E-state index contributed by atoms with van der Waals surface area (Å²) in [5.41, 5.74) is 2.12. The highest BCUT2D eigenvalue weighted by atomic mass is 16.4. The fraction of sp³-hybridized carbons (Fsp3) is 0.154. The number of aromatic carboxylic acids is 1. The van der Waals surface area contributed by atoms with E-state index in [4.69, 9.17) is 5.11 Å². The van der Waals surface area contributed by atoms with Gasteiger partial charge in [0.05, 0.1) is 5.56 Å². The molecule has 0 saturated heterocycles. The summed E-state index contributed by atoms with van der Waals surface area (Å²) in [6, 6.07) is 6.69. The van der Waals surface area contributed by atoms with Gasteiger partial charge < -0.3 is 10.2 Å². The van der Waals surface area contributed by atoms with E-state index in [0.717, 1.165) is 16.5 Å². The van der Waals surface area contributed by atoms with E-state index in [1.54, 1.807) is 6.07 Å². The number of aromatic hydroxyl groups is 1. The fourth-order valence-corrected chi connectivity index (χ4v) is 1.93. The van der Waals surface area contributed by atoms with Crippen molar-refractivity contribution in [1.29, 1.82) is 0 Å². The highest BCUT2D eigenvalue weighted by Gasteiger charge is 2.10. The van der Waals surface area contributed by atoms with Crippen LogP contribution in [0.4, 0.5) is 0 Å². The number of benzene rings is 2. The van der Waals surface area contributed by atoms with Gasteiger partial charge >= 0.3 is 5.97 Å². The van der Waals surface area contributed by atoms with Crippen molar-refractivity contribution < 1.29 is 15.0 Å². The molecule has 0 unspecified atom stereocenters. The van der Waals surface area contributed by atoms with Crippen molar-refractivity contribution in [3.05, 3.63) is 41.0 Å². The van der Waals surface area contributed by atoms with Crippen LogP contribution < -0.4 is 0 Å². The fourth-order valence-electron chi connectivity index (χ4n) is 1.93. The van der Waals surface area contributed by atoms with E-state index in [0.29, 0.717) is 5.39 Å².